The highest BCUT2D eigenvalue weighted by Gasteiger charge is 2.29. The minimum Gasteiger partial charge on any atom is -0.391 e. The second-order valence-electron chi connectivity index (χ2n) is 7.60. The third-order valence-electron chi connectivity index (χ3n) is 5.10. The fourth-order valence-corrected chi connectivity index (χ4v) is 3.45. The quantitative estimate of drug-likeness (QED) is 0.440. The predicted octanol–water partition coefficient (Wildman–Crippen LogP) is 0.999. The molecule has 0 bridgehead atoms. The average molecular weight is 462 g/mol. The minimum atomic E-state index is -4.39. The fourth-order valence-electron chi connectivity index (χ4n) is 3.45. The van der Waals surface area contributed by atoms with E-state index in [0.717, 1.165) is 4.68 Å². The minimum absolute atomic E-state index is 0.0720. The Morgan fingerprint density at radius 2 is 2.09 bits per heavy atom. The van der Waals surface area contributed by atoms with Gasteiger partial charge in [-0.15, -0.1) is 0 Å². The molecule has 1 saturated heterocycles. The van der Waals surface area contributed by atoms with Gasteiger partial charge in [0.2, 0.25) is 0 Å². The Kier molecular flexibility index (Phi) is 6.24. The van der Waals surface area contributed by atoms with E-state index < -0.39 is 30.8 Å². The summed E-state index contributed by atoms with van der Waals surface area (Å²) in [5.41, 5.74) is 7.38. The van der Waals surface area contributed by atoms with Crippen LogP contribution in [0, 0.1) is 0 Å². The van der Waals surface area contributed by atoms with Gasteiger partial charge in [0.15, 0.2) is 11.5 Å². The largest absolute Gasteiger partial charge is 0.408 e. The van der Waals surface area contributed by atoms with Crippen LogP contribution in [0.1, 0.15) is 16.9 Å². The van der Waals surface area contributed by atoms with E-state index in [0.29, 0.717) is 42.0 Å². The summed E-state index contributed by atoms with van der Waals surface area (Å²) in [6.07, 6.45) is 0.812. The van der Waals surface area contributed by atoms with Crippen molar-refractivity contribution in [2.24, 2.45) is 0 Å². The van der Waals surface area contributed by atoms with Crippen LogP contribution < -0.4 is 16.4 Å². The third kappa shape index (κ3) is 5.43. The maximum atomic E-state index is 12.7. The van der Waals surface area contributed by atoms with Crippen LogP contribution in [0.5, 0.6) is 0 Å². The van der Waals surface area contributed by atoms with Crippen molar-refractivity contribution in [2.75, 3.05) is 18.8 Å². The van der Waals surface area contributed by atoms with Gasteiger partial charge in [-0.1, -0.05) is 0 Å². The number of hydrogen-bond donors (Lipinski definition) is 4. The Morgan fingerprint density at radius 1 is 1.27 bits per heavy atom. The molecule has 0 radical (unpaired) electrons. The van der Waals surface area contributed by atoms with Crippen molar-refractivity contribution in [1.29, 1.82) is 0 Å². The summed E-state index contributed by atoms with van der Waals surface area (Å²) in [4.78, 5) is 25.3. The number of aliphatic hydroxyl groups is 1. The Bertz CT molecular complexity index is 1150. The Morgan fingerprint density at radius 3 is 2.85 bits per heavy atom. The van der Waals surface area contributed by atoms with Gasteiger partial charge in [-0.05, 0) is 25.1 Å². The maximum Gasteiger partial charge on any atom is 0.408 e. The predicted molar refractivity (Wildman–Crippen MR) is 112 cm³/mol. The Labute approximate surface area is 186 Å². The first-order valence-electron chi connectivity index (χ1n) is 10.1. The lowest BCUT2D eigenvalue weighted by atomic mass is 10.0. The number of rotatable bonds is 5. The Balaban J connectivity index is 1.57. The summed E-state index contributed by atoms with van der Waals surface area (Å²) in [5.74, 6) is -0.644. The number of amides is 1. The van der Waals surface area contributed by atoms with Crippen LogP contribution in [0.4, 0.5) is 19.0 Å². The molecule has 174 valence electrons. The van der Waals surface area contributed by atoms with Gasteiger partial charge in [0, 0.05) is 30.1 Å². The summed E-state index contributed by atoms with van der Waals surface area (Å²) < 4.78 is 38.6. The number of pyridine rings is 1. The summed E-state index contributed by atoms with van der Waals surface area (Å²) >= 11 is 0. The highest BCUT2D eigenvalue weighted by atomic mass is 19.4. The number of alkyl halides is 3. The maximum absolute atomic E-state index is 12.7. The molecule has 1 aliphatic rings. The van der Waals surface area contributed by atoms with E-state index in [9.17, 15) is 23.1 Å². The first-order valence-corrected chi connectivity index (χ1v) is 10.1. The summed E-state index contributed by atoms with van der Waals surface area (Å²) in [5, 5.41) is 19.6. The smallest absolute Gasteiger partial charge is 0.391 e. The number of aliphatic hydroxyl groups excluding tert-OH is 1. The molecular formula is C20H21F3N8O2. The second kappa shape index (κ2) is 9.11. The molecule has 2 atom stereocenters. The number of nitrogens with two attached hydrogens (primary N) is 1. The number of carbonyl (C=O) groups excluding carboxylic acids is 1. The molecule has 5 N–H and O–H groups in total. The van der Waals surface area contributed by atoms with E-state index >= 15 is 0 Å². The van der Waals surface area contributed by atoms with Crippen molar-refractivity contribution in [3.63, 3.8) is 0 Å². The molecule has 3 aromatic rings. The van der Waals surface area contributed by atoms with Crippen LogP contribution in [0.2, 0.25) is 0 Å². The average Bonchev–Trinajstić information content (AvgIpc) is 3.22. The molecule has 1 aliphatic heterocycles. The topological polar surface area (TPSA) is 144 Å². The van der Waals surface area contributed by atoms with Crippen LogP contribution in [0.3, 0.4) is 0 Å². The van der Waals surface area contributed by atoms with Crippen LogP contribution in [-0.2, 0) is 6.54 Å². The number of anilines is 1. The van der Waals surface area contributed by atoms with Gasteiger partial charge in [-0.3, -0.25) is 14.5 Å². The first-order chi connectivity index (χ1) is 15.7. The molecule has 4 rings (SSSR count). The van der Waals surface area contributed by atoms with E-state index in [1.54, 1.807) is 12.1 Å². The van der Waals surface area contributed by atoms with Gasteiger partial charge < -0.3 is 21.5 Å². The highest BCUT2D eigenvalue weighted by Crippen LogP contribution is 2.25. The first kappa shape index (κ1) is 22.6. The highest BCUT2D eigenvalue weighted by molar-refractivity contribution is 5.97. The number of nitrogen functional groups attached to an aromatic ring is 1. The number of aromatic nitrogens is 5. The normalized spacial score (nSPS) is 18.8. The zero-order chi connectivity index (χ0) is 23.6. The lowest BCUT2D eigenvalue weighted by Gasteiger charge is -2.29. The summed E-state index contributed by atoms with van der Waals surface area (Å²) in [6.45, 7) is -0.139. The van der Waals surface area contributed by atoms with Crippen LogP contribution in [0.15, 0.2) is 36.9 Å². The molecule has 10 nitrogen and oxygen atoms in total. The van der Waals surface area contributed by atoms with Crippen molar-refractivity contribution >= 4 is 11.7 Å². The van der Waals surface area contributed by atoms with Crippen molar-refractivity contribution in [2.45, 2.75) is 31.3 Å². The number of halogens is 3. The molecule has 0 spiro atoms. The van der Waals surface area contributed by atoms with Gasteiger partial charge in [-0.2, -0.15) is 18.3 Å². The van der Waals surface area contributed by atoms with Crippen molar-refractivity contribution in [3.05, 3.63) is 42.6 Å². The Hall–Kier alpha value is -3.58. The number of nitrogens with one attached hydrogen (secondary N) is 2. The molecule has 0 unspecified atom stereocenters. The van der Waals surface area contributed by atoms with Crippen LogP contribution in [-0.4, -0.2) is 67.2 Å². The monoisotopic (exact) mass is 462 g/mol. The fraction of sp³-hybridized carbons (Fsp3) is 0.350. The van der Waals surface area contributed by atoms with E-state index in [2.05, 4.69) is 30.7 Å². The third-order valence-corrected chi connectivity index (χ3v) is 5.10. The second-order valence-corrected chi connectivity index (χ2v) is 7.60. The molecular weight excluding hydrogens is 441 g/mol. The summed E-state index contributed by atoms with van der Waals surface area (Å²) in [7, 11) is 0. The van der Waals surface area contributed by atoms with E-state index in [1.165, 1.54) is 24.8 Å². The van der Waals surface area contributed by atoms with Crippen molar-refractivity contribution in [1.82, 2.24) is 35.4 Å². The molecule has 1 amide bonds. The number of hydrogen-bond acceptors (Lipinski definition) is 8. The lowest BCUT2D eigenvalue weighted by Crippen LogP contribution is -2.53. The zero-order valence-electron chi connectivity index (χ0n) is 17.3. The summed E-state index contributed by atoms with van der Waals surface area (Å²) in [6, 6.07) is 2.74. The molecule has 0 aromatic carbocycles. The van der Waals surface area contributed by atoms with Gasteiger partial charge in [-0.25, -0.2) is 9.97 Å². The van der Waals surface area contributed by atoms with Gasteiger partial charge in [0.25, 0.3) is 5.91 Å². The van der Waals surface area contributed by atoms with Crippen LogP contribution in [0.25, 0.3) is 22.5 Å². The standard InChI is InChI=1S/C20H21F3N8O2/c21-20(22,23)10-31-9-12(6-28-31)13-5-11(1-4-26-13)14-8-27-18(24)17(29-14)19(33)30-15-7-25-3-2-16(15)32/h1,4-6,8-9,15-16,25,32H,2-3,7,10H2,(H2,24,27)(H,30,33)/t15-,16-/m1/s1. The zero-order valence-corrected chi connectivity index (χ0v) is 17.3. The number of carbonyl (C=O) groups is 1. The van der Waals surface area contributed by atoms with Gasteiger partial charge >= 0.3 is 6.18 Å². The molecule has 33 heavy (non-hydrogen) atoms. The van der Waals surface area contributed by atoms with Crippen LogP contribution >= 0.6 is 0 Å². The molecule has 4 heterocycles. The van der Waals surface area contributed by atoms with Crippen molar-refractivity contribution < 1.29 is 23.1 Å². The molecule has 0 aliphatic carbocycles. The van der Waals surface area contributed by atoms with Gasteiger partial charge in [0.05, 0.1) is 35.9 Å². The molecule has 3 aromatic heterocycles. The number of nitrogens with zero attached hydrogens (tertiary/aromatic N) is 5. The lowest BCUT2D eigenvalue weighted by molar-refractivity contribution is -0.142. The van der Waals surface area contributed by atoms with E-state index in [-0.39, 0.29) is 11.5 Å². The van der Waals surface area contributed by atoms with Gasteiger partial charge in [0.1, 0.15) is 6.54 Å². The number of piperidine rings is 1. The molecule has 1 fully saturated rings. The molecule has 13 heteroatoms. The van der Waals surface area contributed by atoms with E-state index in [4.69, 9.17) is 5.73 Å². The molecule has 0 saturated carbocycles. The van der Waals surface area contributed by atoms with Crippen molar-refractivity contribution in [3.8, 4) is 22.5 Å². The van der Waals surface area contributed by atoms with E-state index in [1.807, 2.05) is 0 Å². The SMILES string of the molecule is Nc1ncc(-c2ccnc(-c3cnn(CC(F)(F)F)c3)c2)nc1C(=O)N[C@@H]1CNCC[C@H]1O.